The van der Waals surface area contributed by atoms with E-state index in [-0.39, 0.29) is 0 Å². The highest BCUT2D eigenvalue weighted by atomic mass is 15.3. The fourth-order valence-electron chi connectivity index (χ4n) is 2.69. The van der Waals surface area contributed by atoms with Crippen LogP contribution in [0, 0.1) is 12.8 Å². The Balaban J connectivity index is 1.91. The SMILES string of the molecule is Cc1cc(NC2CCC(C)C2)n2nccc2n1. The number of anilines is 1. The zero-order chi connectivity index (χ0) is 11.8. The lowest BCUT2D eigenvalue weighted by Crippen LogP contribution is -2.18. The Morgan fingerprint density at radius 1 is 1.41 bits per heavy atom. The number of hydrogen-bond donors (Lipinski definition) is 1. The van der Waals surface area contributed by atoms with Gasteiger partial charge in [0, 0.05) is 23.9 Å². The van der Waals surface area contributed by atoms with Gasteiger partial charge in [0.05, 0.1) is 6.20 Å². The van der Waals surface area contributed by atoms with Crippen LogP contribution in [0.2, 0.25) is 0 Å². The van der Waals surface area contributed by atoms with Crippen LogP contribution in [0.1, 0.15) is 31.9 Å². The molecule has 2 unspecified atom stereocenters. The number of nitrogens with zero attached hydrogens (tertiary/aromatic N) is 3. The van der Waals surface area contributed by atoms with Gasteiger partial charge < -0.3 is 5.32 Å². The Morgan fingerprint density at radius 3 is 3.06 bits per heavy atom. The minimum Gasteiger partial charge on any atom is -0.367 e. The predicted molar refractivity (Wildman–Crippen MR) is 68.1 cm³/mol. The van der Waals surface area contributed by atoms with E-state index < -0.39 is 0 Å². The molecule has 0 radical (unpaired) electrons. The van der Waals surface area contributed by atoms with Gasteiger partial charge in [0.1, 0.15) is 5.82 Å². The summed E-state index contributed by atoms with van der Waals surface area (Å²) in [5.41, 5.74) is 1.95. The zero-order valence-electron chi connectivity index (χ0n) is 10.3. The molecule has 3 rings (SSSR count). The van der Waals surface area contributed by atoms with Crippen LogP contribution in [0.15, 0.2) is 18.3 Å². The van der Waals surface area contributed by atoms with Gasteiger partial charge in [0.15, 0.2) is 5.65 Å². The van der Waals surface area contributed by atoms with Crippen molar-refractivity contribution in [2.75, 3.05) is 5.32 Å². The van der Waals surface area contributed by atoms with Crippen molar-refractivity contribution in [3.63, 3.8) is 0 Å². The summed E-state index contributed by atoms with van der Waals surface area (Å²) in [5, 5.41) is 7.91. The molecule has 1 N–H and O–H groups in total. The van der Waals surface area contributed by atoms with E-state index >= 15 is 0 Å². The van der Waals surface area contributed by atoms with Gasteiger partial charge in [-0.25, -0.2) is 4.98 Å². The van der Waals surface area contributed by atoms with Crippen LogP contribution in [0.3, 0.4) is 0 Å². The Morgan fingerprint density at radius 2 is 2.29 bits per heavy atom. The Bertz CT molecular complexity index is 531. The van der Waals surface area contributed by atoms with E-state index in [0.29, 0.717) is 6.04 Å². The summed E-state index contributed by atoms with van der Waals surface area (Å²) < 4.78 is 1.88. The van der Waals surface area contributed by atoms with E-state index in [1.54, 1.807) is 6.20 Å². The lowest BCUT2D eigenvalue weighted by atomic mass is 10.1. The van der Waals surface area contributed by atoms with Crippen molar-refractivity contribution in [2.45, 2.75) is 39.2 Å². The third-order valence-corrected chi connectivity index (χ3v) is 3.53. The average Bonchev–Trinajstić information content (AvgIpc) is 2.87. The lowest BCUT2D eigenvalue weighted by molar-refractivity contribution is 0.601. The highest BCUT2D eigenvalue weighted by Crippen LogP contribution is 2.27. The third kappa shape index (κ3) is 1.99. The van der Waals surface area contributed by atoms with E-state index in [2.05, 4.69) is 28.4 Å². The van der Waals surface area contributed by atoms with Crippen molar-refractivity contribution in [2.24, 2.45) is 5.92 Å². The second-order valence-corrected chi connectivity index (χ2v) is 5.14. The molecule has 2 aromatic heterocycles. The van der Waals surface area contributed by atoms with Crippen molar-refractivity contribution in [3.05, 3.63) is 24.0 Å². The summed E-state index contributed by atoms with van der Waals surface area (Å²) in [6.45, 7) is 4.35. The van der Waals surface area contributed by atoms with Crippen molar-refractivity contribution in [1.82, 2.24) is 14.6 Å². The fourth-order valence-corrected chi connectivity index (χ4v) is 2.69. The molecule has 0 spiro atoms. The van der Waals surface area contributed by atoms with Crippen LogP contribution in [0.4, 0.5) is 5.82 Å². The van der Waals surface area contributed by atoms with Gasteiger partial charge in [-0.05, 0) is 32.1 Å². The van der Waals surface area contributed by atoms with Gasteiger partial charge in [-0.2, -0.15) is 9.61 Å². The van der Waals surface area contributed by atoms with E-state index in [9.17, 15) is 0 Å². The maximum Gasteiger partial charge on any atom is 0.157 e. The highest BCUT2D eigenvalue weighted by Gasteiger charge is 2.21. The number of rotatable bonds is 2. The number of aryl methyl sites for hydroxylation is 1. The summed E-state index contributed by atoms with van der Waals surface area (Å²) in [7, 11) is 0. The molecule has 17 heavy (non-hydrogen) atoms. The number of fused-ring (bicyclic) bond motifs is 1. The molecule has 0 amide bonds. The molecule has 2 aromatic rings. The molecule has 0 saturated heterocycles. The zero-order valence-corrected chi connectivity index (χ0v) is 10.3. The summed E-state index contributed by atoms with van der Waals surface area (Å²) >= 11 is 0. The predicted octanol–water partition coefficient (Wildman–Crippen LogP) is 2.64. The summed E-state index contributed by atoms with van der Waals surface area (Å²) in [6.07, 6.45) is 5.63. The van der Waals surface area contributed by atoms with Crippen LogP contribution in [-0.2, 0) is 0 Å². The molecule has 0 aromatic carbocycles. The molecule has 2 atom stereocenters. The first-order valence-corrected chi connectivity index (χ1v) is 6.30. The molecule has 2 heterocycles. The highest BCUT2D eigenvalue weighted by molar-refractivity contribution is 5.49. The van der Waals surface area contributed by atoms with Crippen molar-refractivity contribution < 1.29 is 0 Å². The summed E-state index contributed by atoms with van der Waals surface area (Å²) in [4.78, 5) is 4.45. The molecular weight excluding hydrogens is 212 g/mol. The smallest absolute Gasteiger partial charge is 0.157 e. The largest absolute Gasteiger partial charge is 0.367 e. The van der Waals surface area contributed by atoms with Gasteiger partial charge in [0.2, 0.25) is 0 Å². The molecule has 4 heteroatoms. The minimum atomic E-state index is 0.583. The molecule has 1 aliphatic carbocycles. The minimum absolute atomic E-state index is 0.583. The molecule has 90 valence electrons. The quantitative estimate of drug-likeness (QED) is 0.862. The summed E-state index contributed by atoms with van der Waals surface area (Å²) in [5.74, 6) is 1.90. The number of aromatic nitrogens is 3. The fraction of sp³-hybridized carbons (Fsp3) is 0.538. The van der Waals surface area contributed by atoms with Gasteiger partial charge in [0.25, 0.3) is 0 Å². The second kappa shape index (κ2) is 4.02. The monoisotopic (exact) mass is 230 g/mol. The Hall–Kier alpha value is -1.58. The lowest BCUT2D eigenvalue weighted by Gasteiger charge is -2.15. The molecule has 0 bridgehead atoms. The van der Waals surface area contributed by atoms with E-state index in [0.717, 1.165) is 23.1 Å². The average molecular weight is 230 g/mol. The molecule has 1 saturated carbocycles. The van der Waals surface area contributed by atoms with Gasteiger partial charge in [-0.15, -0.1) is 0 Å². The van der Waals surface area contributed by atoms with Crippen molar-refractivity contribution in [1.29, 1.82) is 0 Å². The first-order chi connectivity index (χ1) is 8.22. The van der Waals surface area contributed by atoms with Gasteiger partial charge in [-0.1, -0.05) is 6.92 Å². The summed E-state index contributed by atoms with van der Waals surface area (Å²) in [6, 6.07) is 4.59. The second-order valence-electron chi connectivity index (χ2n) is 5.14. The van der Waals surface area contributed by atoms with Crippen LogP contribution < -0.4 is 5.32 Å². The Labute approximate surface area is 101 Å². The normalized spacial score (nSPS) is 24.4. The molecule has 1 fully saturated rings. The first kappa shape index (κ1) is 10.6. The number of hydrogen-bond acceptors (Lipinski definition) is 3. The van der Waals surface area contributed by atoms with Gasteiger partial charge >= 0.3 is 0 Å². The van der Waals surface area contributed by atoms with E-state index in [4.69, 9.17) is 0 Å². The van der Waals surface area contributed by atoms with Crippen molar-refractivity contribution >= 4 is 11.5 Å². The van der Waals surface area contributed by atoms with Crippen LogP contribution in [0.5, 0.6) is 0 Å². The van der Waals surface area contributed by atoms with Crippen molar-refractivity contribution in [3.8, 4) is 0 Å². The van der Waals surface area contributed by atoms with Crippen LogP contribution in [-0.4, -0.2) is 20.6 Å². The Kier molecular flexibility index (Phi) is 2.50. The maximum atomic E-state index is 4.45. The van der Waals surface area contributed by atoms with Crippen LogP contribution in [0.25, 0.3) is 5.65 Å². The maximum absolute atomic E-state index is 4.45. The molecule has 1 aliphatic rings. The van der Waals surface area contributed by atoms with Crippen LogP contribution >= 0.6 is 0 Å². The van der Waals surface area contributed by atoms with Gasteiger partial charge in [-0.3, -0.25) is 0 Å². The van der Waals surface area contributed by atoms with E-state index in [1.165, 1.54) is 19.3 Å². The molecular formula is C13H18N4. The topological polar surface area (TPSA) is 42.2 Å². The first-order valence-electron chi connectivity index (χ1n) is 6.30. The number of nitrogens with one attached hydrogen (secondary N) is 1. The standard InChI is InChI=1S/C13H18N4/c1-9-3-4-11(7-9)16-13-8-10(2)15-12-5-6-14-17(12)13/h5-6,8-9,11,16H,3-4,7H2,1-2H3. The third-order valence-electron chi connectivity index (χ3n) is 3.53. The molecule has 0 aliphatic heterocycles. The molecule has 4 nitrogen and oxygen atoms in total. The van der Waals surface area contributed by atoms with E-state index in [1.807, 2.05) is 17.5 Å².